The molecule has 1 N–H and O–H groups in total. The third kappa shape index (κ3) is 5.50. The van der Waals surface area contributed by atoms with E-state index in [0.717, 1.165) is 0 Å². The fourth-order valence-corrected chi connectivity index (χ4v) is 0.311. The fraction of sp³-hybridized carbons (Fsp3) is 0.667. The summed E-state index contributed by atoms with van der Waals surface area (Å²) in [5.74, 6) is 0.707. The van der Waals surface area contributed by atoms with Crippen molar-refractivity contribution >= 4 is 0 Å². The predicted molar refractivity (Wildman–Crippen MR) is 32.5 cm³/mol. The van der Waals surface area contributed by atoms with Gasteiger partial charge in [-0.05, 0) is 6.92 Å². The summed E-state index contributed by atoms with van der Waals surface area (Å²) >= 11 is 0. The molecule has 0 rings (SSSR count). The van der Waals surface area contributed by atoms with Gasteiger partial charge in [0.25, 0.3) is 0 Å². The van der Waals surface area contributed by atoms with Crippen molar-refractivity contribution in [2.24, 2.45) is 0 Å². The van der Waals surface area contributed by atoms with E-state index in [9.17, 15) is 0 Å². The maximum absolute atomic E-state index is 8.27. The third-order valence-corrected chi connectivity index (χ3v) is 0.651. The van der Waals surface area contributed by atoms with E-state index >= 15 is 0 Å². The summed E-state index contributed by atoms with van der Waals surface area (Å²) in [6.45, 7) is 6.08. The van der Waals surface area contributed by atoms with E-state index in [0.29, 0.717) is 18.8 Å². The van der Waals surface area contributed by atoms with Crippen molar-refractivity contribution in [3.05, 3.63) is 12.3 Å². The Bertz CT molecular complexity index is 68.9. The lowest BCUT2D eigenvalue weighted by Gasteiger charge is -2.00. The maximum atomic E-state index is 8.27. The van der Waals surface area contributed by atoms with Crippen LogP contribution in [-0.4, -0.2) is 18.3 Å². The Balaban J connectivity index is 2.82. The average molecular weight is 116 g/mol. The molecule has 0 aliphatic carbocycles. The first-order valence-corrected chi connectivity index (χ1v) is 2.66. The van der Waals surface area contributed by atoms with E-state index in [1.807, 2.05) is 0 Å². The molecule has 0 fully saturated rings. The minimum atomic E-state index is 0.188. The summed E-state index contributed by atoms with van der Waals surface area (Å²) in [5.41, 5.74) is 0. The topological polar surface area (TPSA) is 29.5 Å². The molecule has 0 aromatic heterocycles. The molecule has 0 radical (unpaired) electrons. The number of allylic oxidation sites excluding steroid dienone is 1. The Labute approximate surface area is 49.8 Å². The number of rotatable bonds is 4. The molecule has 0 spiro atoms. The first-order chi connectivity index (χ1) is 3.77. The Morgan fingerprint density at radius 2 is 2.38 bits per heavy atom. The number of aliphatic hydroxyl groups is 1. The van der Waals surface area contributed by atoms with E-state index in [-0.39, 0.29) is 6.61 Å². The molecule has 48 valence electrons. The van der Waals surface area contributed by atoms with Crippen LogP contribution in [0.3, 0.4) is 0 Å². The largest absolute Gasteiger partial charge is 0.499 e. The molecule has 2 heteroatoms. The van der Waals surface area contributed by atoms with Gasteiger partial charge in [-0.3, -0.25) is 0 Å². The molecule has 0 saturated carbocycles. The van der Waals surface area contributed by atoms with E-state index < -0.39 is 0 Å². The zero-order valence-corrected chi connectivity index (χ0v) is 5.18. The standard InChI is InChI=1S/C6H12O2/c1-6(2)8-5-3-4-7/h7H,1,3-5H2,2H3. The third-order valence-electron chi connectivity index (χ3n) is 0.651. The van der Waals surface area contributed by atoms with E-state index in [4.69, 9.17) is 9.84 Å². The molecular weight excluding hydrogens is 104 g/mol. The Hall–Kier alpha value is -0.500. The van der Waals surface area contributed by atoms with Crippen LogP contribution in [0, 0.1) is 0 Å². The van der Waals surface area contributed by atoms with Gasteiger partial charge in [-0.15, -0.1) is 0 Å². The van der Waals surface area contributed by atoms with Gasteiger partial charge >= 0.3 is 0 Å². The van der Waals surface area contributed by atoms with Crippen molar-refractivity contribution < 1.29 is 9.84 Å². The lowest BCUT2D eigenvalue weighted by Crippen LogP contribution is -1.93. The van der Waals surface area contributed by atoms with Gasteiger partial charge in [-0.2, -0.15) is 0 Å². The second kappa shape index (κ2) is 4.65. The van der Waals surface area contributed by atoms with Gasteiger partial charge in [0, 0.05) is 13.0 Å². The van der Waals surface area contributed by atoms with Gasteiger partial charge in [0.05, 0.1) is 12.4 Å². The van der Waals surface area contributed by atoms with Crippen molar-refractivity contribution in [1.82, 2.24) is 0 Å². The molecule has 0 unspecified atom stereocenters. The van der Waals surface area contributed by atoms with Gasteiger partial charge in [0.2, 0.25) is 0 Å². The molecule has 0 aliphatic heterocycles. The maximum Gasteiger partial charge on any atom is 0.0898 e. The van der Waals surface area contributed by atoms with E-state index in [1.165, 1.54) is 0 Å². The molecule has 0 atom stereocenters. The number of hydrogen-bond acceptors (Lipinski definition) is 2. The first kappa shape index (κ1) is 7.50. The molecule has 0 saturated heterocycles. The first-order valence-electron chi connectivity index (χ1n) is 2.66. The minimum Gasteiger partial charge on any atom is -0.499 e. The molecule has 0 aromatic rings. The van der Waals surface area contributed by atoms with Crippen LogP contribution in [0.1, 0.15) is 13.3 Å². The summed E-state index contributed by atoms with van der Waals surface area (Å²) in [6.07, 6.45) is 0.687. The van der Waals surface area contributed by atoms with E-state index in [2.05, 4.69) is 6.58 Å². The average Bonchev–Trinajstić information content (AvgIpc) is 1.66. The van der Waals surface area contributed by atoms with Crippen LogP contribution in [0.4, 0.5) is 0 Å². The molecular formula is C6H12O2. The quantitative estimate of drug-likeness (QED) is 0.437. The van der Waals surface area contributed by atoms with Gasteiger partial charge < -0.3 is 9.84 Å². The molecule has 8 heavy (non-hydrogen) atoms. The van der Waals surface area contributed by atoms with Crippen LogP contribution < -0.4 is 0 Å². The van der Waals surface area contributed by atoms with Crippen LogP contribution in [0.2, 0.25) is 0 Å². The van der Waals surface area contributed by atoms with Crippen molar-refractivity contribution in [3.8, 4) is 0 Å². The monoisotopic (exact) mass is 116 g/mol. The zero-order valence-electron chi connectivity index (χ0n) is 5.18. The highest BCUT2D eigenvalue weighted by Crippen LogP contribution is 1.90. The zero-order chi connectivity index (χ0) is 6.41. The summed E-state index contributed by atoms with van der Waals surface area (Å²) in [5, 5.41) is 8.27. The molecule has 0 aromatic carbocycles. The molecule has 0 bridgehead atoms. The Kier molecular flexibility index (Phi) is 4.36. The second-order valence-corrected chi connectivity index (χ2v) is 1.63. The van der Waals surface area contributed by atoms with Crippen molar-refractivity contribution in [1.29, 1.82) is 0 Å². The van der Waals surface area contributed by atoms with Crippen molar-refractivity contribution in [2.45, 2.75) is 13.3 Å². The summed E-state index contributed by atoms with van der Waals surface area (Å²) < 4.78 is 4.93. The number of ether oxygens (including phenoxy) is 1. The highest BCUT2D eigenvalue weighted by Gasteiger charge is 1.83. The summed E-state index contributed by atoms with van der Waals surface area (Å²) in [4.78, 5) is 0. The highest BCUT2D eigenvalue weighted by molar-refractivity contribution is 4.72. The van der Waals surface area contributed by atoms with Crippen molar-refractivity contribution in [2.75, 3.05) is 13.2 Å². The normalized spacial score (nSPS) is 8.75. The summed E-state index contributed by atoms with van der Waals surface area (Å²) in [6, 6.07) is 0. The Morgan fingerprint density at radius 3 is 2.75 bits per heavy atom. The molecule has 0 heterocycles. The molecule has 0 amide bonds. The number of hydrogen-bond donors (Lipinski definition) is 1. The van der Waals surface area contributed by atoms with Crippen LogP contribution in [0.25, 0.3) is 0 Å². The van der Waals surface area contributed by atoms with E-state index in [1.54, 1.807) is 6.92 Å². The Morgan fingerprint density at radius 1 is 1.75 bits per heavy atom. The fourth-order valence-electron chi connectivity index (χ4n) is 0.311. The highest BCUT2D eigenvalue weighted by atomic mass is 16.5. The van der Waals surface area contributed by atoms with Crippen LogP contribution in [0.15, 0.2) is 12.3 Å². The van der Waals surface area contributed by atoms with Crippen LogP contribution >= 0.6 is 0 Å². The van der Waals surface area contributed by atoms with Gasteiger partial charge in [-0.1, -0.05) is 6.58 Å². The second-order valence-electron chi connectivity index (χ2n) is 1.63. The summed E-state index contributed by atoms with van der Waals surface area (Å²) in [7, 11) is 0. The SMILES string of the molecule is C=C(C)OCCCO. The molecule has 2 nitrogen and oxygen atoms in total. The van der Waals surface area contributed by atoms with Gasteiger partial charge in [-0.25, -0.2) is 0 Å². The van der Waals surface area contributed by atoms with Crippen molar-refractivity contribution in [3.63, 3.8) is 0 Å². The van der Waals surface area contributed by atoms with Crippen LogP contribution in [-0.2, 0) is 4.74 Å². The molecule has 0 aliphatic rings. The number of aliphatic hydroxyl groups excluding tert-OH is 1. The predicted octanol–water partition coefficient (Wildman–Crippen LogP) is 0.919. The lowest BCUT2D eigenvalue weighted by molar-refractivity contribution is 0.178. The van der Waals surface area contributed by atoms with Gasteiger partial charge in [0.15, 0.2) is 0 Å². The lowest BCUT2D eigenvalue weighted by atomic mass is 10.5. The minimum absolute atomic E-state index is 0.188. The van der Waals surface area contributed by atoms with Crippen LogP contribution in [0.5, 0.6) is 0 Å². The smallest absolute Gasteiger partial charge is 0.0898 e. The van der Waals surface area contributed by atoms with Gasteiger partial charge in [0.1, 0.15) is 0 Å².